The average Bonchev–Trinajstić information content (AvgIpc) is 2.85. The fourth-order valence-electron chi connectivity index (χ4n) is 2.56. The van der Waals surface area contributed by atoms with Gasteiger partial charge in [0.25, 0.3) is 0 Å². The van der Waals surface area contributed by atoms with E-state index in [1.165, 1.54) is 11.3 Å². The van der Waals surface area contributed by atoms with Crippen molar-refractivity contribution in [2.45, 2.75) is 26.1 Å². The molecule has 0 radical (unpaired) electrons. The zero-order valence-corrected chi connectivity index (χ0v) is 11.4. The van der Waals surface area contributed by atoms with Crippen molar-refractivity contribution in [3.63, 3.8) is 0 Å². The SMILES string of the molecule is OCCn1nc(COc2ccccc2)c2c1CCNC2. The van der Waals surface area contributed by atoms with Gasteiger partial charge in [0.05, 0.1) is 13.2 Å². The highest BCUT2D eigenvalue weighted by Gasteiger charge is 2.20. The Hall–Kier alpha value is -1.85. The zero-order chi connectivity index (χ0) is 13.8. The molecular weight excluding hydrogens is 254 g/mol. The molecule has 106 valence electrons. The van der Waals surface area contributed by atoms with Gasteiger partial charge in [-0.2, -0.15) is 5.10 Å². The number of hydrogen-bond acceptors (Lipinski definition) is 4. The van der Waals surface area contributed by atoms with Gasteiger partial charge in [0.1, 0.15) is 18.1 Å². The van der Waals surface area contributed by atoms with Crippen molar-refractivity contribution in [1.82, 2.24) is 15.1 Å². The molecule has 0 saturated carbocycles. The van der Waals surface area contributed by atoms with Crippen LogP contribution in [-0.2, 0) is 26.1 Å². The summed E-state index contributed by atoms with van der Waals surface area (Å²) in [5, 5.41) is 17.1. The van der Waals surface area contributed by atoms with Gasteiger partial charge in [0.2, 0.25) is 0 Å². The molecule has 5 nitrogen and oxygen atoms in total. The summed E-state index contributed by atoms with van der Waals surface area (Å²) in [6.07, 6.45) is 0.952. The van der Waals surface area contributed by atoms with Crippen LogP contribution in [-0.4, -0.2) is 28.0 Å². The van der Waals surface area contributed by atoms with Gasteiger partial charge in [-0.1, -0.05) is 18.2 Å². The third-order valence-corrected chi connectivity index (χ3v) is 3.52. The van der Waals surface area contributed by atoms with Crippen molar-refractivity contribution < 1.29 is 9.84 Å². The number of benzene rings is 1. The van der Waals surface area contributed by atoms with Gasteiger partial charge in [0, 0.05) is 30.8 Å². The second-order valence-electron chi connectivity index (χ2n) is 4.85. The lowest BCUT2D eigenvalue weighted by atomic mass is 10.1. The third kappa shape index (κ3) is 2.69. The molecule has 1 aromatic carbocycles. The number of aliphatic hydroxyl groups excluding tert-OH is 1. The minimum Gasteiger partial charge on any atom is -0.487 e. The fourth-order valence-corrected chi connectivity index (χ4v) is 2.56. The molecule has 0 spiro atoms. The Morgan fingerprint density at radius 2 is 2.15 bits per heavy atom. The molecule has 1 aliphatic rings. The first-order chi connectivity index (χ1) is 9.88. The molecule has 2 N–H and O–H groups in total. The van der Waals surface area contributed by atoms with Crippen molar-refractivity contribution in [2.75, 3.05) is 13.2 Å². The van der Waals surface area contributed by atoms with E-state index in [0.717, 1.165) is 31.0 Å². The van der Waals surface area contributed by atoms with Crippen LogP contribution in [0.15, 0.2) is 30.3 Å². The van der Waals surface area contributed by atoms with E-state index in [0.29, 0.717) is 13.2 Å². The molecule has 0 bridgehead atoms. The van der Waals surface area contributed by atoms with Crippen LogP contribution in [0.1, 0.15) is 17.0 Å². The van der Waals surface area contributed by atoms with E-state index in [9.17, 15) is 0 Å². The van der Waals surface area contributed by atoms with Crippen LogP contribution in [0, 0.1) is 0 Å². The lowest BCUT2D eigenvalue weighted by molar-refractivity contribution is 0.264. The first-order valence-electron chi connectivity index (χ1n) is 6.95. The summed E-state index contributed by atoms with van der Waals surface area (Å²) in [7, 11) is 0. The van der Waals surface area contributed by atoms with Crippen LogP contribution < -0.4 is 10.1 Å². The first-order valence-corrected chi connectivity index (χ1v) is 6.95. The van der Waals surface area contributed by atoms with E-state index in [-0.39, 0.29) is 6.61 Å². The lowest BCUT2D eigenvalue weighted by Gasteiger charge is -2.15. The number of ether oxygens (including phenoxy) is 1. The third-order valence-electron chi connectivity index (χ3n) is 3.52. The molecule has 2 aromatic rings. The highest BCUT2D eigenvalue weighted by Crippen LogP contribution is 2.20. The Morgan fingerprint density at radius 1 is 1.30 bits per heavy atom. The number of aromatic nitrogens is 2. The summed E-state index contributed by atoms with van der Waals surface area (Å²) in [6, 6.07) is 9.76. The molecule has 2 heterocycles. The minimum atomic E-state index is 0.112. The molecule has 3 rings (SSSR count). The van der Waals surface area contributed by atoms with Crippen LogP contribution in [0.3, 0.4) is 0 Å². The van der Waals surface area contributed by atoms with E-state index < -0.39 is 0 Å². The highest BCUT2D eigenvalue weighted by molar-refractivity contribution is 5.29. The van der Waals surface area contributed by atoms with Crippen LogP contribution in [0.4, 0.5) is 0 Å². The van der Waals surface area contributed by atoms with Crippen molar-refractivity contribution in [2.24, 2.45) is 0 Å². The summed E-state index contributed by atoms with van der Waals surface area (Å²) in [5.74, 6) is 0.849. The molecule has 1 aromatic heterocycles. The van der Waals surface area contributed by atoms with E-state index >= 15 is 0 Å². The number of rotatable bonds is 5. The Balaban J connectivity index is 1.78. The number of nitrogens with one attached hydrogen (secondary N) is 1. The molecule has 0 aliphatic carbocycles. The monoisotopic (exact) mass is 273 g/mol. The molecule has 0 unspecified atom stereocenters. The quantitative estimate of drug-likeness (QED) is 0.856. The highest BCUT2D eigenvalue weighted by atomic mass is 16.5. The summed E-state index contributed by atoms with van der Waals surface area (Å²) in [6.45, 7) is 2.91. The second-order valence-corrected chi connectivity index (χ2v) is 4.85. The Bertz CT molecular complexity index is 566. The zero-order valence-electron chi connectivity index (χ0n) is 11.4. The molecule has 0 fully saturated rings. The Morgan fingerprint density at radius 3 is 2.95 bits per heavy atom. The van der Waals surface area contributed by atoms with Crippen LogP contribution >= 0.6 is 0 Å². The van der Waals surface area contributed by atoms with Gasteiger partial charge in [-0.05, 0) is 12.1 Å². The fraction of sp³-hybridized carbons (Fsp3) is 0.400. The molecule has 5 heteroatoms. The maximum Gasteiger partial charge on any atom is 0.132 e. The minimum absolute atomic E-state index is 0.112. The second kappa shape index (κ2) is 6.07. The topological polar surface area (TPSA) is 59.3 Å². The largest absolute Gasteiger partial charge is 0.487 e. The van der Waals surface area contributed by atoms with Crippen LogP contribution in [0.25, 0.3) is 0 Å². The van der Waals surface area contributed by atoms with E-state index in [1.807, 2.05) is 35.0 Å². The van der Waals surface area contributed by atoms with Crippen LogP contribution in [0.5, 0.6) is 5.75 Å². The molecule has 0 atom stereocenters. The maximum atomic E-state index is 9.13. The number of aliphatic hydroxyl groups is 1. The van der Waals surface area contributed by atoms with E-state index in [4.69, 9.17) is 9.84 Å². The molecule has 0 saturated heterocycles. The standard InChI is InChI=1S/C15H19N3O2/c19-9-8-18-15-6-7-16-10-13(15)14(17-18)11-20-12-4-2-1-3-5-12/h1-5,16,19H,6-11H2. The Labute approximate surface area is 118 Å². The molecular formula is C15H19N3O2. The molecule has 1 aliphatic heterocycles. The van der Waals surface area contributed by atoms with Crippen molar-refractivity contribution >= 4 is 0 Å². The summed E-state index contributed by atoms with van der Waals surface area (Å²) in [4.78, 5) is 0. The molecule has 20 heavy (non-hydrogen) atoms. The lowest BCUT2D eigenvalue weighted by Crippen LogP contribution is -2.25. The van der Waals surface area contributed by atoms with Gasteiger partial charge in [0.15, 0.2) is 0 Å². The average molecular weight is 273 g/mol. The predicted octanol–water partition coefficient (Wildman–Crippen LogP) is 1.10. The van der Waals surface area contributed by atoms with Crippen molar-refractivity contribution in [1.29, 1.82) is 0 Å². The number of para-hydroxylation sites is 1. The van der Waals surface area contributed by atoms with E-state index in [1.54, 1.807) is 0 Å². The van der Waals surface area contributed by atoms with Crippen molar-refractivity contribution in [3.05, 3.63) is 47.3 Å². The summed E-state index contributed by atoms with van der Waals surface area (Å²) >= 11 is 0. The summed E-state index contributed by atoms with van der Waals surface area (Å²) < 4.78 is 7.70. The van der Waals surface area contributed by atoms with E-state index in [2.05, 4.69) is 10.4 Å². The van der Waals surface area contributed by atoms with Gasteiger partial charge >= 0.3 is 0 Å². The van der Waals surface area contributed by atoms with Gasteiger partial charge in [-0.15, -0.1) is 0 Å². The van der Waals surface area contributed by atoms with Crippen molar-refractivity contribution in [3.8, 4) is 5.75 Å². The predicted molar refractivity (Wildman–Crippen MR) is 75.5 cm³/mol. The number of nitrogens with zero attached hydrogens (tertiary/aromatic N) is 2. The van der Waals surface area contributed by atoms with Gasteiger partial charge < -0.3 is 15.2 Å². The summed E-state index contributed by atoms with van der Waals surface area (Å²) in [5.41, 5.74) is 3.41. The molecule has 0 amide bonds. The van der Waals surface area contributed by atoms with Gasteiger partial charge in [-0.3, -0.25) is 4.68 Å². The number of hydrogen-bond donors (Lipinski definition) is 2. The maximum absolute atomic E-state index is 9.13. The smallest absolute Gasteiger partial charge is 0.132 e. The van der Waals surface area contributed by atoms with Crippen LogP contribution in [0.2, 0.25) is 0 Å². The van der Waals surface area contributed by atoms with Gasteiger partial charge in [-0.25, -0.2) is 0 Å². The normalized spacial score (nSPS) is 14.1. The Kier molecular flexibility index (Phi) is 3.99. The number of fused-ring (bicyclic) bond motifs is 1. The first kappa shape index (κ1) is 13.1.